The van der Waals surface area contributed by atoms with Crippen LogP contribution >= 0.6 is 0 Å². The number of pyridine rings is 1. The number of hydrogen-bond donors (Lipinski definition) is 1. The first-order valence-electron chi connectivity index (χ1n) is 5.01. The minimum absolute atomic E-state index is 0.00183. The van der Waals surface area contributed by atoms with Gasteiger partial charge < -0.3 is 10.1 Å². The van der Waals surface area contributed by atoms with E-state index in [1.807, 2.05) is 0 Å². The summed E-state index contributed by atoms with van der Waals surface area (Å²) in [7, 11) is 1.60. The third-order valence-corrected chi connectivity index (χ3v) is 1.98. The molecule has 1 rings (SSSR count). The molecule has 1 N–H and O–H groups in total. The fourth-order valence-electron chi connectivity index (χ4n) is 1.09. The maximum atomic E-state index is 10.9. The van der Waals surface area contributed by atoms with E-state index >= 15 is 0 Å². The summed E-state index contributed by atoms with van der Waals surface area (Å²) in [5, 5.41) is 2.53. The molecular formula is C11H14N2O3. The highest BCUT2D eigenvalue weighted by Gasteiger charge is 1.99. The van der Waals surface area contributed by atoms with Crippen molar-refractivity contribution < 1.29 is 14.3 Å². The van der Waals surface area contributed by atoms with Crippen LogP contribution in [0, 0.1) is 0 Å². The smallest absolute Gasteiger partial charge is 0.219 e. The summed E-state index contributed by atoms with van der Waals surface area (Å²) >= 11 is 0. The zero-order valence-corrected chi connectivity index (χ0v) is 9.10. The predicted octanol–water partition coefficient (Wildman–Crippen LogP) is 0.799. The second-order valence-electron chi connectivity index (χ2n) is 3.16. The molecule has 5 heteroatoms. The number of aromatic nitrogens is 1. The van der Waals surface area contributed by atoms with Crippen LogP contribution in [0.2, 0.25) is 0 Å². The van der Waals surface area contributed by atoms with Crippen LogP contribution in [0.3, 0.4) is 0 Å². The van der Waals surface area contributed by atoms with Gasteiger partial charge in [-0.1, -0.05) is 0 Å². The maximum Gasteiger partial charge on any atom is 0.219 e. The monoisotopic (exact) mass is 222 g/mol. The third-order valence-electron chi connectivity index (χ3n) is 1.98. The Morgan fingerprint density at radius 2 is 2.38 bits per heavy atom. The first-order valence-corrected chi connectivity index (χ1v) is 5.01. The van der Waals surface area contributed by atoms with Crippen LogP contribution in [-0.2, 0) is 4.79 Å². The molecule has 0 saturated carbocycles. The van der Waals surface area contributed by atoms with E-state index in [-0.39, 0.29) is 5.91 Å². The number of nitrogens with zero attached hydrogens (tertiary/aromatic N) is 1. The molecule has 1 aromatic rings. The van der Waals surface area contributed by atoms with Crippen LogP contribution in [-0.4, -0.2) is 30.8 Å². The molecule has 0 spiro atoms. The minimum Gasteiger partial charge on any atom is -0.492 e. The molecule has 1 aromatic heterocycles. The van der Waals surface area contributed by atoms with Gasteiger partial charge in [0.2, 0.25) is 5.91 Å². The Bertz CT molecular complexity index is 349. The summed E-state index contributed by atoms with van der Waals surface area (Å²) in [5.41, 5.74) is 0.373. The lowest BCUT2D eigenvalue weighted by atomic mass is 10.3. The molecule has 1 heterocycles. The van der Waals surface area contributed by atoms with Gasteiger partial charge in [-0.05, 0) is 18.6 Å². The van der Waals surface area contributed by atoms with Crippen molar-refractivity contribution in [1.82, 2.24) is 10.3 Å². The Kier molecular flexibility index (Phi) is 4.98. The SMILES string of the molecule is CNC(=O)CCCOc1ccc(C=O)nc1. The number of aldehydes is 1. The highest BCUT2D eigenvalue weighted by Crippen LogP contribution is 2.08. The summed E-state index contributed by atoms with van der Waals surface area (Å²) < 4.78 is 5.34. The second-order valence-corrected chi connectivity index (χ2v) is 3.16. The molecule has 0 aliphatic rings. The molecule has 0 fully saturated rings. The first-order chi connectivity index (χ1) is 7.76. The van der Waals surface area contributed by atoms with E-state index in [1.165, 1.54) is 6.20 Å². The molecule has 0 radical (unpaired) electrons. The van der Waals surface area contributed by atoms with Gasteiger partial charge in [0, 0.05) is 13.5 Å². The van der Waals surface area contributed by atoms with Crippen molar-refractivity contribution in [3.05, 3.63) is 24.0 Å². The van der Waals surface area contributed by atoms with Gasteiger partial charge in [0.25, 0.3) is 0 Å². The average molecular weight is 222 g/mol. The lowest BCUT2D eigenvalue weighted by Gasteiger charge is -2.05. The van der Waals surface area contributed by atoms with Gasteiger partial charge in [-0.15, -0.1) is 0 Å². The van der Waals surface area contributed by atoms with E-state index in [0.717, 1.165) is 0 Å². The molecule has 0 atom stereocenters. The Morgan fingerprint density at radius 1 is 1.56 bits per heavy atom. The fraction of sp³-hybridized carbons (Fsp3) is 0.364. The van der Waals surface area contributed by atoms with Crippen LogP contribution in [0.15, 0.2) is 18.3 Å². The number of carbonyl (C=O) groups is 2. The van der Waals surface area contributed by atoms with Crippen molar-refractivity contribution in [1.29, 1.82) is 0 Å². The summed E-state index contributed by atoms with van der Waals surface area (Å²) in [6.45, 7) is 0.454. The van der Waals surface area contributed by atoms with Crippen molar-refractivity contribution in [3.63, 3.8) is 0 Å². The molecule has 1 amide bonds. The van der Waals surface area contributed by atoms with Crippen molar-refractivity contribution in [2.45, 2.75) is 12.8 Å². The second kappa shape index (κ2) is 6.55. The molecule has 0 saturated heterocycles. The largest absolute Gasteiger partial charge is 0.492 e. The van der Waals surface area contributed by atoms with Crippen LogP contribution in [0.1, 0.15) is 23.3 Å². The van der Waals surface area contributed by atoms with Crippen molar-refractivity contribution in [2.75, 3.05) is 13.7 Å². The summed E-state index contributed by atoms with van der Waals surface area (Å²) in [6.07, 6.45) is 3.25. The lowest BCUT2D eigenvalue weighted by molar-refractivity contribution is -0.120. The molecular weight excluding hydrogens is 208 g/mol. The van der Waals surface area contributed by atoms with Gasteiger partial charge in [0.15, 0.2) is 6.29 Å². The number of carbonyl (C=O) groups excluding carboxylic acids is 2. The van der Waals surface area contributed by atoms with Gasteiger partial charge in [0.05, 0.1) is 12.8 Å². The van der Waals surface area contributed by atoms with E-state index in [2.05, 4.69) is 10.3 Å². The molecule has 5 nitrogen and oxygen atoms in total. The van der Waals surface area contributed by atoms with Crippen molar-refractivity contribution in [3.8, 4) is 5.75 Å². The Morgan fingerprint density at radius 3 is 2.94 bits per heavy atom. The normalized spacial score (nSPS) is 9.56. The zero-order valence-electron chi connectivity index (χ0n) is 9.10. The Balaban J connectivity index is 2.26. The molecule has 0 aromatic carbocycles. The third kappa shape index (κ3) is 4.08. The average Bonchev–Trinajstić information content (AvgIpc) is 2.35. The van der Waals surface area contributed by atoms with Crippen LogP contribution in [0.4, 0.5) is 0 Å². The maximum absolute atomic E-state index is 10.9. The highest BCUT2D eigenvalue weighted by atomic mass is 16.5. The van der Waals surface area contributed by atoms with Crippen molar-refractivity contribution in [2.24, 2.45) is 0 Å². The number of rotatable bonds is 6. The number of hydrogen-bond acceptors (Lipinski definition) is 4. The van der Waals surface area contributed by atoms with E-state index in [0.29, 0.717) is 37.2 Å². The molecule has 16 heavy (non-hydrogen) atoms. The van der Waals surface area contributed by atoms with Gasteiger partial charge >= 0.3 is 0 Å². The van der Waals surface area contributed by atoms with E-state index in [9.17, 15) is 9.59 Å². The quantitative estimate of drug-likeness (QED) is 0.571. The molecule has 0 aliphatic carbocycles. The summed E-state index contributed by atoms with van der Waals surface area (Å²) in [4.78, 5) is 25.1. The number of ether oxygens (including phenoxy) is 1. The van der Waals surface area contributed by atoms with Gasteiger partial charge in [-0.3, -0.25) is 9.59 Å². The standard InChI is InChI=1S/C11H14N2O3/c1-12-11(15)3-2-6-16-10-5-4-9(8-14)13-7-10/h4-5,7-8H,2-3,6H2,1H3,(H,12,15). The highest BCUT2D eigenvalue weighted by molar-refractivity contribution is 5.75. The van der Waals surface area contributed by atoms with E-state index in [1.54, 1.807) is 19.2 Å². The molecule has 0 unspecified atom stereocenters. The summed E-state index contributed by atoms with van der Waals surface area (Å²) in [5.74, 6) is 0.598. The minimum atomic E-state index is -0.00183. The fourth-order valence-corrected chi connectivity index (χ4v) is 1.09. The van der Waals surface area contributed by atoms with E-state index in [4.69, 9.17) is 4.74 Å². The van der Waals surface area contributed by atoms with E-state index < -0.39 is 0 Å². The Hall–Kier alpha value is -1.91. The van der Waals surface area contributed by atoms with Crippen molar-refractivity contribution >= 4 is 12.2 Å². The molecule has 0 aliphatic heterocycles. The first kappa shape index (κ1) is 12.2. The predicted molar refractivity (Wildman–Crippen MR) is 58.4 cm³/mol. The zero-order chi connectivity index (χ0) is 11.8. The molecule has 86 valence electrons. The number of amides is 1. The van der Waals surface area contributed by atoms with Gasteiger partial charge in [0.1, 0.15) is 11.4 Å². The summed E-state index contributed by atoms with van der Waals surface area (Å²) in [6, 6.07) is 3.26. The topological polar surface area (TPSA) is 68.3 Å². The van der Waals surface area contributed by atoms with Crippen LogP contribution < -0.4 is 10.1 Å². The van der Waals surface area contributed by atoms with Crippen LogP contribution in [0.5, 0.6) is 5.75 Å². The van der Waals surface area contributed by atoms with Crippen LogP contribution in [0.25, 0.3) is 0 Å². The lowest BCUT2D eigenvalue weighted by Crippen LogP contribution is -2.18. The Labute approximate surface area is 93.8 Å². The van der Waals surface area contributed by atoms with Gasteiger partial charge in [-0.2, -0.15) is 0 Å². The number of nitrogens with one attached hydrogen (secondary N) is 1. The van der Waals surface area contributed by atoms with Gasteiger partial charge in [-0.25, -0.2) is 4.98 Å². The molecule has 0 bridgehead atoms.